The zero-order valence-electron chi connectivity index (χ0n) is 15.1. The van der Waals surface area contributed by atoms with Gasteiger partial charge in [0.1, 0.15) is 18.2 Å². The van der Waals surface area contributed by atoms with Crippen LogP contribution in [-0.2, 0) is 14.8 Å². The van der Waals surface area contributed by atoms with E-state index in [1.807, 2.05) is 0 Å². The molecule has 0 atom stereocenters. The molecule has 3 rings (SSSR count). The molecule has 7 nitrogen and oxygen atoms in total. The minimum atomic E-state index is -3.53. The average molecular weight is 408 g/mol. The molecule has 9 heteroatoms. The van der Waals surface area contributed by atoms with Crippen LogP contribution < -0.4 is 10.1 Å². The lowest BCUT2D eigenvalue weighted by atomic mass is 10.2. The van der Waals surface area contributed by atoms with Crippen molar-refractivity contribution in [2.75, 3.05) is 39.5 Å². The van der Waals surface area contributed by atoms with E-state index in [0.717, 1.165) is 0 Å². The number of carbonyl (C=O) groups excluding carboxylic acids is 1. The van der Waals surface area contributed by atoms with E-state index in [9.17, 15) is 17.6 Å². The molecule has 0 spiro atoms. The van der Waals surface area contributed by atoms with Gasteiger partial charge < -0.3 is 14.8 Å². The summed E-state index contributed by atoms with van der Waals surface area (Å²) < 4.78 is 50.1. The summed E-state index contributed by atoms with van der Waals surface area (Å²) in [5.74, 6) is -0.230. The van der Waals surface area contributed by atoms with Crippen LogP contribution in [0.3, 0.4) is 0 Å². The van der Waals surface area contributed by atoms with Crippen LogP contribution in [0.1, 0.15) is 10.4 Å². The lowest BCUT2D eigenvalue weighted by Crippen LogP contribution is -2.40. The van der Waals surface area contributed by atoms with Crippen LogP contribution in [0.25, 0.3) is 0 Å². The number of carbonyl (C=O) groups is 1. The van der Waals surface area contributed by atoms with E-state index >= 15 is 0 Å². The van der Waals surface area contributed by atoms with Crippen molar-refractivity contribution in [3.63, 3.8) is 0 Å². The first-order valence-electron chi connectivity index (χ1n) is 8.81. The topological polar surface area (TPSA) is 84.9 Å². The summed E-state index contributed by atoms with van der Waals surface area (Å²) in [4.78, 5) is 12.1. The fourth-order valence-corrected chi connectivity index (χ4v) is 4.09. The Morgan fingerprint density at radius 3 is 2.36 bits per heavy atom. The zero-order chi connectivity index (χ0) is 20.0. The zero-order valence-corrected chi connectivity index (χ0v) is 16.0. The summed E-state index contributed by atoms with van der Waals surface area (Å²) in [6, 6.07) is 11.4. The Bertz CT molecular complexity index is 895. The fraction of sp³-hybridized carbons (Fsp3) is 0.316. The molecule has 1 aliphatic rings. The van der Waals surface area contributed by atoms with Crippen LogP contribution in [0.5, 0.6) is 5.75 Å². The van der Waals surface area contributed by atoms with Crippen LogP contribution in [0.2, 0.25) is 0 Å². The number of morpholine rings is 1. The molecule has 1 heterocycles. The van der Waals surface area contributed by atoms with Crippen molar-refractivity contribution in [2.24, 2.45) is 0 Å². The van der Waals surface area contributed by atoms with E-state index in [1.165, 1.54) is 40.7 Å². The summed E-state index contributed by atoms with van der Waals surface area (Å²) in [5.41, 5.74) is 0.360. The van der Waals surface area contributed by atoms with Crippen molar-refractivity contribution < 1.29 is 27.1 Å². The minimum Gasteiger partial charge on any atom is -0.492 e. The maximum atomic E-state index is 12.9. The highest BCUT2D eigenvalue weighted by atomic mass is 32.2. The van der Waals surface area contributed by atoms with E-state index < -0.39 is 15.8 Å². The summed E-state index contributed by atoms with van der Waals surface area (Å²) in [5, 5.41) is 2.67. The van der Waals surface area contributed by atoms with Gasteiger partial charge in [0.15, 0.2) is 0 Å². The van der Waals surface area contributed by atoms with Gasteiger partial charge in [-0.3, -0.25) is 4.79 Å². The fourth-order valence-electron chi connectivity index (χ4n) is 2.68. The monoisotopic (exact) mass is 408 g/mol. The minimum absolute atomic E-state index is 0.200. The van der Waals surface area contributed by atoms with Gasteiger partial charge in [-0.05, 0) is 48.5 Å². The van der Waals surface area contributed by atoms with Crippen molar-refractivity contribution >= 4 is 15.9 Å². The third-order valence-electron chi connectivity index (χ3n) is 4.19. The van der Waals surface area contributed by atoms with Gasteiger partial charge in [0, 0.05) is 18.7 Å². The predicted octanol–water partition coefficient (Wildman–Crippen LogP) is 1.66. The SMILES string of the molecule is O=C(NCCOc1ccc(S(=O)(=O)N2CCOCC2)cc1)c1ccc(F)cc1. The standard InChI is InChI=1S/C19H21FN2O5S/c20-16-3-1-15(2-4-16)19(23)21-9-12-27-17-5-7-18(8-6-17)28(24,25)22-10-13-26-14-11-22/h1-8H,9-14H2,(H,21,23). The number of hydrogen-bond donors (Lipinski definition) is 1. The first-order chi connectivity index (χ1) is 13.5. The average Bonchev–Trinajstić information content (AvgIpc) is 2.72. The van der Waals surface area contributed by atoms with Gasteiger partial charge in [-0.2, -0.15) is 4.31 Å². The Balaban J connectivity index is 1.48. The lowest BCUT2D eigenvalue weighted by Gasteiger charge is -2.26. The molecule has 1 fully saturated rings. The van der Waals surface area contributed by atoms with Gasteiger partial charge >= 0.3 is 0 Å². The van der Waals surface area contributed by atoms with Gasteiger partial charge in [-0.15, -0.1) is 0 Å². The maximum Gasteiger partial charge on any atom is 0.251 e. The highest BCUT2D eigenvalue weighted by molar-refractivity contribution is 7.89. The van der Waals surface area contributed by atoms with Crippen LogP contribution in [0.15, 0.2) is 53.4 Å². The number of sulfonamides is 1. The second-order valence-corrected chi connectivity index (χ2v) is 8.04. The van der Waals surface area contributed by atoms with Crippen molar-refractivity contribution in [1.29, 1.82) is 0 Å². The predicted molar refractivity (Wildman–Crippen MR) is 100 cm³/mol. The third kappa shape index (κ3) is 5.06. The molecular formula is C19H21FN2O5S. The Hall–Kier alpha value is -2.49. The lowest BCUT2D eigenvalue weighted by molar-refractivity contribution is 0.0730. The largest absolute Gasteiger partial charge is 0.492 e. The number of amides is 1. The normalized spacial score (nSPS) is 15.2. The number of benzene rings is 2. The molecule has 1 amide bonds. The first-order valence-corrected chi connectivity index (χ1v) is 10.3. The summed E-state index contributed by atoms with van der Waals surface area (Å²) in [7, 11) is -3.53. The number of halogens is 1. The molecule has 1 N–H and O–H groups in total. The Kier molecular flexibility index (Phi) is 6.61. The van der Waals surface area contributed by atoms with E-state index in [4.69, 9.17) is 9.47 Å². The Labute approximate surface area is 163 Å². The summed E-state index contributed by atoms with van der Waals surface area (Å²) in [6.45, 7) is 1.93. The van der Waals surface area contributed by atoms with Gasteiger partial charge in [0.2, 0.25) is 10.0 Å². The van der Waals surface area contributed by atoms with Crippen molar-refractivity contribution in [3.8, 4) is 5.75 Å². The van der Waals surface area contributed by atoms with Crippen LogP contribution in [0, 0.1) is 5.82 Å². The van der Waals surface area contributed by atoms with Gasteiger partial charge in [-0.25, -0.2) is 12.8 Å². The molecule has 0 unspecified atom stereocenters. The molecule has 0 radical (unpaired) electrons. The molecule has 150 valence electrons. The molecule has 2 aromatic rings. The molecule has 1 saturated heterocycles. The number of rotatable bonds is 7. The highest BCUT2D eigenvalue weighted by Crippen LogP contribution is 2.20. The number of nitrogens with zero attached hydrogens (tertiary/aromatic N) is 1. The van der Waals surface area contributed by atoms with Gasteiger partial charge in [0.25, 0.3) is 5.91 Å². The van der Waals surface area contributed by atoms with Crippen molar-refractivity contribution in [2.45, 2.75) is 4.90 Å². The summed E-state index contributed by atoms with van der Waals surface area (Å²) in [6.07, 6.45) is 0. The third-order valence-corrected chi connectivity index (χ3v) is 6.11. The van der Waals surface area contributed by atoms with Crippen LogP contribution >= 0.6 is 0 Å². The van der Waals surface area contributed by atoms with Crippen LogP contribution in [-0.4, -0.2) is 58.1 Å². The Morgan fingerprint density at radius 2 is 1.71 bits per heavy atom. The van der Waals surface area contributed by atoms with Gasteiger partial charge in [-0.1, -0.05) is 0 Å². The molecule has 28 heavy (non-hydrogen) atoms. The maximum absolute atomic E-state index is 12.9. The molecule has 0 aromatic heterocycles. The van der Waals surface area contributed by atoms with Crippen molar-refractivity contribution in [3.05, 3.63) is 59.9 Å². The quantitative estimate of drug-likeness (QED) is 0.705. The summed E-state index contributed by atoms with van der Waals surface area (Å²) >= 11 is 0. The molecule has 0 bridgehead atoms. The molecule has 0 saturated carbocycles. The highest BCUT2D eigenvalue weighted by Gasteiger charge is 2.26. The Morgan fingerprint density at radius 1 is 1.07 bits per heavy atom. The second-order valence-electron chi connectivity index (χ2n) is 6.10. The number of ether oxygens (including phenoxy) is 2. The molecular weight excluding hydrogens is 387 g/mol. The number of hydrogen-bond acceptors (Lipinski definition) is 5. The molecule has 1 aliphatic heterocycles. The first kappa shape index (κ1) is 20.2. The van der Waals surface area contributed by atoms with E-state index in [0.29, 0.717) is 37.6 Å². The van der Waals surface area contributed by atoms with E-state index in [1.54, 1.807) is 12.1 Å². The van der Waals surface area contributed by atoms with Gasteiger partial charge in [0.05, 0.1) is 24.7 Å². The second kappa shape index (κ2) is 9.13. The molecule has 0 aliphatic carbocycles. The van der Waals surface area contributed by atoms with Crippen molar-refractivity contribution in [1.82, 2.24) is 9.62 Å². The molecule has 2 aromatic carbocycles. The smallest absolute Gasteiger partial charge is 0.251 e. The number of nitrogens with one attached hydrogen (secondary N) is 1. The van der Waals surface area contributed by atoms with Crippen LogP contribution in [0.4, 0.5) is 4.39 Å². The van der Waals surface area contributed by atoms with E-state index in [2.05, 4.69) is 5.32 Å². The van der Waals surface area contributed by atoms with E-state index in [-0.39, 0.29) is 24.0 Å².